The van der Waals surface area contributed by atoms with Crippen molar-refractivity contribution >= 4 is 49.4 Å². The van der Waals surface area contributed by atoms with Crippen LogP contribution in [0.4, 0.5) is 17.1 Å². The largest absolute Gasteiger partial charge is 0.311 e. The van der Waals surface area contributed by atoms with Gasteiger partial charge in [-0.3, -0.25) is 0 Å². The van der Waals surface area contributed by atoms with Crippen molar-refractivity contribution in [2.75, 3.05) is 4.90 Å². The Labute approximate surface area is 216 Å². The average Bonchev–Trinajstić information content (AvgIpc) is 2.99. The van der Waals surface area contributed by atoms with Crippen molar-refractivity contribution < 1.29 is 0 Å². The van der Waals surface area contributed by atoms with Crippen molar-refractivity contribution in [3.05, 3.63) is 152 Å². The standard InChI is InChI=1S/C36H25N/c1-3-11-28(12-4-1)37(29-13-5-2-6-14-29)30-22-19-26(20-23-30)27-21-24-35-33-17-8-7-15-31(33)32-16-9-10-18-34(32)36(35)25-27/h1-25H. The highest BCUT2D eigenvalue weighted by Gasteiger charge is 2.13. The number of para-hydroxylation sites is 2. The molecule has 0 unspecified atom stereocenters. The smallest absolute Gasteiger partial charge is 0.0462 e. The summed E-state index contributed by atoms with van der Waals surface area (Å²) in [4.78, 5) is 2.30. The van der Waals surface area contributed by atoms with Gasteiger partial charge in [0.05, 0.1) is 0 Å². The van der Waals surface area contributed by atoms with Gasteiger partial charge in [0.25, 0.3) is 0 Å². The van der Waals surface area contributed by atoms with Crippen LogP contribution in [0.25, 0.3) is 43.4 Å². The summed E-state index contributed by atoms with van der Waals surface area (Å²) < 4.78 is 0. The summed E-state index contributed by atoms with van der Waals surface area (Å²) in [5.74, 6) is 0. The second-order valence-electron chi connectivity index (χ2n) is 9.40. The Morgan fingerprint density at radius 2 is 0.649 bits per heavy atom. The van der Waals surface area contributed by atoms with E-state index in [0.717, 1.165) is 17.1 Å². The molecule has 0 saturated heterocycles. The molecule has 0 amide bonds. The fourth-order valence-electron chi connectivity index (χ4n) is 5.49. The average molecular weight is 472 g/mol. The Balaban J connectivity index is 1.35. The number of fused-ring (bicyclic) bond motifs is 6. The van der Waals surface area contributed by atoms with Crippen molar-refractivity contribution in [2.45, 2.75) is 0 Å². The van der Waals surface area contributed by atoms with E-state index in [2.05, 4.69) is 157 Å². The molecule has 1 nitrogen and oxygen atoms in total. The quantitative estimate of drug-likeness (QED) is 0.231. The minimum atomic E-state index is 1.14. The molecule has 7 aromatic carbocycles. The molecule has 174 valence electrons. The first-order valence-electron chi connectivity index (χ1n) is 12.7. The molecular formula is C36H25N. The second-order valence-corrected chi connectivity index (χ2v) is 9.40. The van der Waals surface area contributed by atoms with Gasteiger partial charge in [-0.15, -0.1) is 0 Å². The summed E-state index contributed by atoms with van der Waals surface area (Å²) in [6, 6.07) is 54.4. The van der Waals surface area contributed by atoms with E-state index in [-0.39, 0.29) is 0 Å². The molecule has 7 rings (SSSR count). The van der Waals surface area contributed by atoms with Crippen molar-refractivity contribution in [3.8, 4) is 11.1 Å². The lowest BCUT2D eigenvalue weighted by Gasteiger charge is -2.25. The molecule has 0 radical (unpaired) electrons. The fourth-order valence-corrected chi connectivity index (χ4v) is 5.49. The van der Waals surface area contributed by atoms with Gasteiger partial charge in [0.2, 0.25) is 0 Å². The van der Waals surface area contributed by atoms with E-state index < -0.39 is 0 Å². The van der Waals surface area contributed by atoms with Crippen molar-refractivity contribution in [1.29, 1.82) is 0 Å². The molecule has 37 heavy (non-hydrogen) atoms. The Hall–Kier alpha value is -4.88. The minimum absolute atomic E-state index is 1.14. The molecule has 0 spiro atoms. The maximum atomic E-state index is 2.35. The molecule has 0 N–H and O–H groups in total. The fraction of sp³-hybridized carbons (Fsp3) is 0. The zero-order valence-corrected chi connectivity index (χ0v) is 20.4. The van der Waals surface area contributed by atoms with E-state index in [0.29, 0.717) is 0 Å². The summed E-state index contributed by atoms with van der Waals surface area (Å²) in [5.41, 5.74) is 5.86. The van der Waals surface area contributed by atoms with Crippen LogP contribution in [0.15, 0.2) is 152 Å². The molecule has 0 heterocycles. The van der Waals surface area contributed by atoms with Gasteiger partial charge in [0, 0.05) is 17.1 Å². The highest BCUT2D eigenvalue weighted by Crippen LogP contribution is 2.38. The van der Waals surface area contributed by atoms with E-state index >= 15 is 0 Å². The molecule has 0 atom stereocenters. The zero-order chi connectivity index (χ0) is 24.6. The van der Waals surface area contributed by atoms with Gasteiger partial charge in [0.15, 0.2) is 0 Å². The highest BCUT2D eigenvalue weighted by atomic mass is 15.1. The molecule has 0 fully saturated rings. The number of anilines is 3. The first-order chi connectivity index (χ1) is 18.4. The molecule has 0 bridgehead atoms. The number of hydrogen-bond acceptors (Lipinski definition) is 1. The summed E-state index contributed by atoms with van der Waals surface area (Å²) in [7, 11) is 0. The third-order valence-electron chi connectivity index (χ3n) is 7.23. The molecular weight excluding hydrogens is 446 g/mol. The number of rotatable bonds is 4. The van der Waals surface area contributed by atoms with Crippen LogP contribution in [0.5, 0.6) is 0 Å². The van der Waals surface area contributed by atoms with Gasteiger partial charge in [-0.05, 0) is 85.9 Å². The SMILES string of the molecule is c1ccc(N(c2ccccc2)c2ccc(-c3ccc4c5ccccc5c5ccccc5c4c3)cc2)cc1. The van der Waals surface area contributed by atoms with Gasteiger partial charge >= 0.3 is 0 Å². The topological polar surface area (TPSA) is 3.24 Å². The lowest BCUT2D eigenvalue weighted by molar-refractivity contribution is 1.28. The van der Waals surface area contributed by atoms with Gasteiger partial charge in [-0.2, -0.15) is 0 Å². The first kappa shape index (κ1) is 21.4. The third-order valence-corrected chi connectivity index (χ3v) is 7.23. The van der Waals surface area contributed by atoms with E-state index in [1.54, 1.807) is 0 Å². The van der Waals surface area contributed by atoms with Gasteiger partial charge in [0.1, 0.15) is 0 Å². The highest BCUT2D eigenvalue weighted by molar-refractivity contribution is 6.25. The van der Waals surface area contributed by atoms with Crippen LogP contribution in [-0.2, 0) is 0 Å². The van der Waals surface area contributed by atoms with Crippen LogP contribution < -0.4 is 4.90 Å². The maximum Gasteiger partial charge on any atom is 0.0462 e. The van der Waals surface area contributed by atoms with Crippen LogP contribution in [-0.4, -0.2) is 0 Å². The molecule has 0 aliphatic carbocycles. The molecule has 0 aliphatic rings. The molecule has 0 aromatic heterocycles. The summed E-state index contributed by atoms with van der Waals surface area (Å²) in [5, 5.41) is 7.82. The van der Waals surface area contributed by atoms with E-state index in [1.165, 1.54) is 43.4 Å². The number of nitrogens with zero attached hydrogens (tertiary/aromatic N) is 1. The van der Waals surface area contributed by atoms with E-state index in [1.807, 2.05) is 0 Å². The van der Waals surface area contributed by atoms with Gasteiger partial charge in [-0.25, -0.2) is 0 Å². The zero-order valence-electron chi connectivity index (χ0n) is 20.4. The van der Waals surface area contributed by atoms with Gasteiger partial charge < -0.3 is 4.90 Å². The first-order valence-corrected chi connectivity index (χ1v) is 12.7. The normalized spacial score (nSPS) is 11.2. The van der Waals surface area contributed by atoms with Crippen LogP contribution in [0.1, 0.15) is 0 Å². The summed E-state index contributed by atoms with van der Waals surface area (Å²) in [6.45, 7) is 0. The molecule has 1 heteroatoms. The van der Waals surface area contributed by atoms with E-state index in [4.69, 9.17) is 0 Å². The lowest BCUT2D eigenvalue weighted by Crippen LogP contribution is -2.09. The Bertz CT molecular complexity index is 1780. The van der Waals surface area contributed by atoms with Crippen molar-refractivity contribution in [2.24, 2.45) is 0 Å². The van der Waals surface area contributed by atoms with Crippen LogP contribution in [0, 0.1) is 0 Å². The second kappa shape index (κ2) is 8.96. The molecule has 0 aliphatic heterocycles. The van der Waals surface area contributed by atoms with Gasteiger partial charge in [-0.1, -0.05) is 109 Å². The maximum absolute atomic E-state index is 2.35. The Kier molecular flexibility index (Phi) is 5.19. The summed E-state index contributed by atoms with van der Waals surface area (Å²) >= 11 is 0. The predicted molar refractivity (Wildman–Crippen MR) is 159 cm³/mol. The van der Waals surface area contributed by atoms with Crippen LogP contribution >= 0.6 is 0 Å². The molecule has 0 saturated carbocycles. The number of hydrogen-bond donors (Lipinski definition) is 0. The van der Waals surface area contributed by atoms with Crippen molar-refractivity contribution in [3.63, 3.8) is 0 Å². The minimum Gasteiger partial charge on any atom is -0.311 e. The Morgan fingerprint density at radius 3 is 1.16 bits per heavy atom. The van der Waals surface area contributed by atoms with Crippen molar-refractivity contribution in [1.82, 2.24) is 0 Å². The monoisotopic (exact) mass is 471 g/mol. The molecule has 7 aromatic rings. The van der Waals surface area contributed by atoms with Crippen LogP contribution in [0.2, 0.25) is 0 Å². The predicted octanol–water partition coefficient (Wildman–Crippen LogP) is 10.3. The van der Waals surface area contributed by atoms with Crippen LogP contribution in [0.3, 0.4) is 0 Å². The summed E-state index contributed by atoms with van der Waals surface area (Å²) in [6.07, 6.45) is 0. The van der Waals surface area contributed by atoms with E-state index in [9.17, 15) is 0 Å². The third kappa shape index (κ3) is 3.73. The Morgan fingerprint density at radius 1 is 0.270 bits per heavy atom. The number of benzene rings is 7. The lowest BCUT2D eigenvalue weighted by atomic mass is 9.92.